The van der Waals surface area contributed by atoms with Crippen LogP contribution in [0.1, 0.15) is 8.29 Å². The first-order valence-electron chi connectivity index (χ1n) is 4.44. The van der Waals surface area contributed by atoms with E-state index in [0.717, 1.165) is 13.0 Å². The molecule has 0 N–H and O–H groups in total. The fourth-order valence-corrected chi connectivity index (χ4v) is 0.927. The Balaban J connectivity index is 3.43. The second-order valence-electron chi connectivity index (χ2n) is 2.68. The Bertz CT molecular complexity index is 515. The summed E-state index contributed by atoms with van der Waals surface area (Å²) in [6.07, 6.45) is 0. The molecule has 0 atom stereocenters. The van der Waals surface area contributed by atoms with Crippen molar-refractivity contribution in [3.8, 4) is 5.75 Å². The van der Waals surface area contributed by atoms with Gasteiger partial charge in [-0.15, -0.1) is 0 Å². The van der Waals surface area contributed by atoms with Crippen LogP contribution in [0.25, 0.3) is 0 Å². The molecule has 0 saturated heterocycles. The Morgan fingerprint density at radius 2 is 2.06 bits per heavy atom. The molecule has 0 aliphatic heterocycles. The van der Waals surface area contributed by atoms with E-state index in [0.29, 0.717) is 6.07 Å². The summed E-state index contributed by atoms with van der Waals surface area (Å²) < 4.78 is 11.8. The first-order chi connectivity index (χ1) is 7.82. The normalized spacial score (nSPS) is 10.4. The molecule has 1 aromatic rings. The summed E-state index contributed by atoms with van der Waals surface area (Å²) in [4.78, 5) is 30.0. The third kappa shape index (κ3) is 2.50. The largest absolute Gasteiger partial charge is 0.419 e. The average Bonchev–Trinajstić information content (AvgIpc) is 2.19. The SMILES string of the molecule is [3H]c1cc([N+](=O)[O-])cc([N+](=O)[O-])c1OC(C)=O. The Morgan fingerprint density at radius 1 is 1.44 bits per heavy atom. The van der Waals surface area contributed by atoms with E-state index >= 15 is 0 Å². The molecule has 1 rings (SSSR count). The van der Waals surface area contributed by atoms with Gasteiger partial charge in [0.15, 0.2) is 0 Å². The standard InChI is InChI=1S/C8H6N2O6/c1-5(11)16-8-3-2-6(9(12)13)4-7(8)10(14)15/h2-4H,1H3/i3T. The second-order valence-corrected chi connectivity index (χ2v) is 2.68. The van der Waals surface area contributed by atoms with Gasteiger partial charge in [-0.2, -0.15) is 0 Å². The molecule has 8 nitrogen and oxygen atoms in total. The number of ether oxygens (including phenoxy) is 1. The van der Waals surface area contributed by atoms with Crippen molar-refractivity contribution in [1.82, 2.24) is 0 Å². The number of non-ortho nitro benzene ring substituents is 1. The number of carbonyl (C=O) groups excluding carboxylic acids is 1. The number of hydrogen-bond acceptors (Lipinski definition) is 6. The van der Waals surface area contributed by atoms with Crippen LogP contribution in [0.3, 0.4) is 0 Å². The van der Waals surface area contributed by atoms with Crippen molar-refractivity contribution in [2.24, 2.45) is 0 Å². The first kappa shape index (κ1) is 10.0. The van der Waals surface area contributed by atoms with E-state index in [1.807, 2.05) is 0 Å². The van der Waals surface area contributed by atoms with Gasteiger partial charge in [0.25, 0.3) is 5.69 Å². The van der Waals surface area contributed by atoms with Crippen molar-refractivity contribution in [2.75, 3.05) is 0 Å². The Morgan fingerprint density at radius 3 is 2.50 bits per heavy atom. The van der Waals surface area contributed by atoms with Crippen LogP contribution in [0.5, 0.6) is 5.75 Å². The molecule has 0 fully saturated rings. The van der Waals surface area contributed by atoms with Crippen molar-refractivity contribution in [2.45, 2.75) is 6.92 Å². The van der Waals surface area contributed by atoms with Gasteiger partial charge in [0, 0.05) is 13.0 Å². The van der Waals surface area contributed by atoms with E-state index < -0.39 is 39.0 Å². The van der Waals surface area contributed by atoms with Crippen LogP contribution in [0.4, 0.5) is 11.4 Å². The predicted molar refractivity (Wildman–Crippen MR) is 51.1 cm³/mol. The molecule has 16 heavy (non-hydrogen) atoms. The molecule has 0 aliphatic rings. The highest BCUT2D eigenvalue weighted by atomic mass is 16.6. The van der Waals surface area contributed by atoms with Crippen LogP contribution < -0.4 is 4.74 Å². The van der Waals surface area contributed by atoms with Gasteiger partial charge in [0.05, 0.1) is 17.3 Å². The van der Waals surface area contributed by atoms with E-state index in [9.17, 15) is 25.0 Å². The number of benzene rings is 1. The Kier molecular flexibility index (Phi) is 2.72. The molecule has 0 radical (unpaired) electrons. The van der Waals surface area contributed by atoms with Crippen molar-refractivity contribution in [3.63, 3.8) is 0 Å². The zero-order valence-electron chi connectivity index (χ0n) is 9.00. The lowest BCUT2D eigenvalue weighted by Crippen LogP contribution is -2.04. The van der Waals surface area contributed by atoms with Gasteiger partial charge in [-0.3, -0.25) is 25.0 Å². The van der Waals surface area contributed by atoms with Gasteiger partial charge in [-0.1, -0.05) is 0 Å². The highest BCUT2D eigenvalue weighted by Crippen LogP contribution is 2.30. The molecule has 8 heteroatoms. The smallest absolute Gasteiger partial charge is 0.318 e. The van der Waals surface area contributed by atoms with Gasteiger partial charge < -0.3 is 4.74 Å². The van der Waals surface area contributed by atoms with Crippen LogP contribution in [0, 0.1) is 20.2 Å². The summed E-state index contributed by atoms with van der Waals surface area (Å²) in [6.45, 7) is 1.00. The number of esters is 1. The lowest BCUT2D eigenvalue weighted by Gasteiger charge is -2.01. The molecule has 0 heterocycles. The van der Waals surface area contributed by atoms with Crippen molar-refractivity contribution < 1.29 is 20.7 Å². The monoisotopic (exact) mass is 228 g/mol. The lowest BCUT2D eigenvalue weighted by atomic mass is 10.2. The summed E-state index contributed by atoms with van der Waals surface area (Å²) in [5, 5.41) is 21.1. The minimum atomic E-state index is -0.955. The van der Waals surface area contributed by atoms with Crippen LogP contribution >= 0.6 is 0 Å². The highest BCUT2D eigenvalue weighted by molar-refractivity contribution is 5.71. The number of hydrogen-bond donors (Lipinski definition) is 0. The molecule has 0 amide bonds. The molecule has 0 aromatic heterocycles. The van der Waals surface area contributed by atoms with Gasteiger partial charge in [-0.25, -0.2) is 0 Å². The molecular formula is C8H6N2O6. The molecule has 0 spiro atoms. The Hall–Kier alpha value is -2.51. The lowest BCUT2D eigenvalue weighted by molar-refractivity contribution is -0.394. The molecule has 0 saturated carbocycles. The minimum Gasteiger partial charge on any atom is -0.419 e. The van der Waals surface area contributed by atoms with Gasteiger partial charge in [0.1, 0.15) is 0 Å². The molecule has 0 bridgehead atoms. The summed E-state index contributed by atoms with van der Waals surface area (Å²) in [5.41, 5.74) is -1.41. The van der Waals surface area contributed by atoms with E-state index in [4.69, 9.17) is 1.37 Å². The van der Waals surface area contributed by atoms with E-state index in [1.54, 1.807) is 0 Å². The maximum absolute atomic E-state index is 10.7. The van der Waals surface area contributed by atoms with Gasteiger partial charge >= 0.3 is 11.7 Å². The summed E-state index contributed by atoms with van der Waals surface area (Å²) in [5.74, 6) is -1.46. The summed E-state index contributed by atoms with van der Waals surface area (Å²) >= 11 is 0. The zero-order chi connectivity index (χ0) is 13.2. The fourth-order valence-electron chi connectivity index (χ4n) is 0.927. The maximum atomic E-state index is 10.7. The van der Waals surface area contributed by atoms with E-state index in [-0.39, 0.29) is 0 Å². The van der Waals surface area contributed by atoms with E-state index in [1.165, 1.54) is 0 Å². The quantitative estimate of drug-likeness (QED) is 0.334. The summed E-state index contributed by atoms with van der Waals surface area (Å²) in [7, 11) is 0. The third-order valence-electron chi connectivity index (χ3n) is 1.52. The summed E-state index contributed by atoms with van der Waals surface area (Å²) in [6, 6.07) is 0.808. The predicted octanol–water partition coefficient (Wildman–Crippen LogP) is 1.43. The van der Waals surface area contributed by atoms with E-state index in [2.05, 4.69) is 4.74 Å². The zero-order valence-corrected chi connectivity index (χ0v) is 8.00. The number of rotatable bonds is 3. The van der Waals surface area contributed by atoms with Gasteiger partial charge in [-0.05, 0) is 6.04 Å². The highest BCUT2D eigenvalue weighted by Gasteiger charge is 2.21. The maximum Gasteiger partial charge on any atom is 0.318 e. The molecule has 0 aliphatic carbocycles. The molecular weight excluding hydrogens is 220 g/mol. The average molecular weight is 228 g/mol. The van der Waals surface area contributed by atoms with Crippen molar-refractivity contribution >= 4 is 17.3 Å². The second kappa shape index (κ2) is 4.34. The number of carbonyl (C=O) groups is 1. The number of nitro groups is 2. The number of nitrogens with zero attached hydrogens (tertiary/aromatic N) is 2. The topological polar surface area (TPSA) is 113 Å². The Labute approximate surface area is 90.1 Å². The molecule has 0 unspecified atom stereocenters. The molecule has 84 valence electrons. The van der Waals surface area contributed by atoms with Crippen LogP contribution in [0.15, 0.2) is 18.2 Å². The minimum absolute atomic E-state index is 0.596. The van der Waals surface area contributed by atoms with Crippen molar-refractivity contribution in [1.29, 1.82) is 0 Å². The molecule has 1 aromatic carbocycles. The van der Waals surface area contributed by atoms with Crippen LogP contribution in [-0.2, 0) is 4.79 Å². The van der Waals surface area contributed by atoms with Gasteiger partial charge in [0.2, 0.25) is 5.75 Å². The van der Waals surface area contributed by atoms with Crippen molar-refractivity contribution in [3.05, 3.63) is 38.4 Å². The third-order valence-corrected chi connectivity index (χ3v) is 1.52. The first-order valence-corrected chi connectivity index (χ1v) is 3.94. The van der Waals surface area contributed by atoms with Crippen LogP contribution in [-0.4, -0.2) is 15.8 Å². The van der Waals surface area contributed by atoms with Crippen LogP contribution in [0.2, 0.25) is 0 Å². The fraction of sp³-hybridized carbons (Fsp3) is 0.125. The number of nitro benzene ring substituents is 2.